The molecular formula is C29H33F3N4O4. The summed E-state index contributed by atoms with van der Waals surface area (Å²) >= 11 is 0. The third kappa shape index (κ3) is 4.91. The number of pyridine rings is 1. The molecular weight excluding hydrogens is 525 g/mol. The average Bonchev–Trinajstić information content (AvgIpc) is 3.59. The summed E-state index contributed by atoms with van der Waals surface area (Å²) in [7, 11) is 0. The van der Waals surface area contributed by atoms with Crippen molar-refractivity contribution in [3.05, 3.63) is 52.8 Å². The molecule has 0 radical (unpaired) electrons. The highest BCUT2D eigenvalue weighted by atomic mass is 19.4. The van der Waals surface area contributed by atoms with Gasteiger partial charge in [-0.3, -0.25) is 4.79 Å². The summed E-state index contributed by atoms with van der Waals surface area (Å²) in [4.78, 5) is 36.4. The van der Waals surface area contributed by atoms with Crippen LogP contribution in [0.1, 0.15) is 68.8 Å². The maximum Gasteiger partial charge on any atom is 0.426 e. The number of carbonyl (C=O) groups is 2. The minimum Gasteiger partial charge on any atom is -0.444 e. The number of likely N-dealkylation sites (tertiary alicyclic amines) is 1. The molecule has 214 valence electrons. The Bertz CT molecular complexity index is 1490. The largest absolute Gasteiger partial charge is 0.444 e. The quantitative estimate of drug-likeness (QED) is 0.426. The number of ether oxygens (including phenoxy) is 1. The van der Waals surface area contributed by atoms with Crippen LogP contribution in [0, 0.1) is 6.92 Å². The Kier molecular flexibility index (Phi) is 6.64. The lowest BCUT2D eigenvalue weighted by Crippen LogP contribution is -2.54. The molecule has 2 aliphatic rings. The molecule has 40 heavy (non-hydrogen) atoms. The van der Waals surface area contributed by atoms with E-state index in [1.54, 1.807) is 31.9 Å². The fraction of sp³-hybridized carbons (Fsp3) is 0.483. The van der Waals surface area contributed by atoms with Gasteiger partial charge in [0.15, 0.2) is 0 Å². The molecule has 2 aliphatic heterocycles. The van der Waals surface area contributed by atoms with E-state index in [0.29, 0.717) is 31.0 Å². The molecule has 4 heterocycles. The van der Waals surface area contributed by atoms with Crippen LogP contribution >= 0.6 is 0 Å². The Morgan fingerprint density at radius 3 is 2.50 bits per heavy atom. The first kappa shape index (κ1) is 27.9. The number of aromatic nitrogens is 2. The van der Waals surface area contributed by atoms with Gasteiger partial charge in [0.25, 0.3) is 5.91 Å². The monoisotopic (exact) mass is 558 g/mol. The highest BCUT2D eigenvalue weighted by molar-refractivity contribution is 5.87. The number of H-pyrrole nitrogens is 1. The van der Waals surface area contributed by atoms with Gasteiger partial charge >= 0.3 is 12.3 Å². The summed E-state index contributed by atoms with van der Waals surface area (Å²) in [5.41, 5.74) is 1.21. The number of nitrogens with zero attached hydrogens (tertiary/aromatic N) is 3. The van der Waals surface area contributed by atoms with Crippen molar-refractivity contribution in [2.45, 2.75) is 84.0 Å². The molecule has 0 unspecified atom stereocenters. The molecule has 2 aromatic heterocycles. The molecule has 0 aliphatic carbocycles. The first-order valence-electron chi connectivity index (χ1n) is 13.2. The van der Waals surface area contributed by atoms with Crippen molar-refractivity contribution in [1.29, 1.82) is 0 Å². The van der Waals surface area contributed by atoms with E-state index in [9.17, 15) is 27.9 Å². The van der Waals surface area contributed by atoms with Gasteiger partial charge in [0.05, 0.1) is 6.04 Å². The zero-order chi connectivity index (χ0) is 29.2. The molecule has 11 heteroatoms. The Hall–Kier alpha value is -3.60. The second-order valence-corrected chi connectivity index (χ2v) is 11.9. The van der Waals surface area contributed by atoms with Crippen LogP contribution in [-0.2, 0) is 22.6 Å². The number of hydrogen-bond donors (Lipinski definition) is 2. The Balaban J connectivity index is 1.59. The van der Waals surface area contributed by atoms with E-state index in [-0.39, 0.29) is 19.1 Å². The van der Waals surface area contributed by atoms with Gasteiger partial charge in [0.1, 0.15) is 11.2 Å². The summed E-state index contributed by atoms with van der Waals surface area (Å²) in [6, 6.07) is 5.40. The second kappa shape index (κ2) is 9.50. The van der Waals surface area contributed by atoms with Gasteiger partial charge in [0.2, 0.25) is 5.60 Å². The highest BCUT2D eigenvalue weighted by Gasteiger charge is 2.57. The van der Waals surface area contributed by atoms with Crippen LogP contribution in [-0.4, -0.2) is 60.8 Å². The number of benzene rings is 1. The maximum atomic E-state index is 13.5. The van der Waals surface area contributed by atoms with Crippen LogP contribution in [0.2, 0.25) is 0 Å². The van der Waals surface area contributed by atoms with Gasteiger partial charge in [-0.2, -0.15) is 13.2 Å². The maximum absolute atomic E-state index is 13.5. The van der Waals surface area contributed by atoms with Crippen molar-refractivity contribution in [2.75, 3.05) is 6.54 Å². The molecule has 1 fully saturated rings. The molecule has 5 rings (SSSR count). The number of fused-ring (bicyclic) bond motifs is 2. The van der Waals surface area contributed by atoms with E-state index in [1.165, 1.54) is 0 Å². The zero-order valence-corrected chi connectivity index (χ0v) is 23.1. The predicted molar refractivity (Wildman–Crippen MR) is 142 cm³/mol. The summed E-state index contributed by atoms with van der Waals surface area (Å²) in [6.07, 6.45) is -0.645. The van der Waals surface area contributed by atoms with Gasteiger partial charge in [-0.05, 0) is 93.5 Å². The number of rotatable bonds is 3. The van der Waals surface area contributed by atoms with Crippen LogP contribution in [0.25, 0.3) is 22.2 Å². The molecule has 2 atom stereocenters. The lowest BCUT2D eigenvalue weighted by molar-refractivity contribution is -0.250. The van der Waals surface area contributed by atoms with Crippen molar-refractivity contribution >= 4 is 23.0 Å². The third-order valence-electron chi connectivity index (χ3n) is 7.65. The number of alkyl halides is 3. The van der Waals surface area contributed by atoms with Gasteiger partial charge < -0.3 is 24.6 Å². The standard InChI is InChI=1S/C29H33F3N4O4/c1-16-12-33-24-20(16)11-18(13-34-24)17-9-19-14-35(25(37)28(5,39)29(30,31)32)15-22(19)21(10-17)23-7-6-8-36(23)26(38)40-27(2,3)4/h9-13,23,39H,6-8,14-15H2,1-5H3,(H,33,34)/t23-,28+/m0/s1. The molecule has 0 bridgehead atoms. The Morgan fingerprint density at radius 2 is 1.82 bits per heavy atom. The number of halogens is 3. The van der Waals surface area contributed by atoms with E-state index >= 15 is 0 Å². The predicted octanol–water partition coefficient (Wildman–Crippen LogP) is 5.77. The van der Waals surface area contributed by atoms with E-state index in [1.807, 2.05) is 31.3 Å². The smallest absolute Gasteiger partial charge is 0.426 e. The summed E-state index contributed by atoms with van der Waals surface area (Å²) < 4.78 is 46.2. The van der Waals surface area contributed by atoms with Crippen molar-refractivity contribution in [3.63, 3.8) is 0 Å². The second-order valence-electron chi connectivity index (χ2n) is 11.9. The first-order chi connectivity index (χ1) is 18.6. The number of hydrogen-bond acceptors (Lipinski definition) is 5. The van der Waals surface area contributed by atoms with E-state index in [4.69, 9.17) is 4.74 Å². The molecule has 1 aromatic carbocycles. The summed E-state index contributed by atoms with van der Waals surface area (Å²) in [6.45, 7) is 8.07. The molecule has 1 saturated heterocycles. The molecule has 3 aromatic rings. The number of aliphatic hydroxyl groups is 1. The van der Waals surface area contributed by atoms with Gasteiger partial charge in [0, 0.05) is 43.0 Å². The lowest BCUT2D eigenvalue weighted by atomic mass is 9.91. The molecule has 2 amide bonds. The fourth-order valence-electron chi connectivity index (χ4n) is 5.50. The summed E-state index contributed by atoms with van der Waals surface area (Å²) in [5, 5.41) is 11.0. The average molecular weight is 559 g/mol. The van der Waals surface area contributed by atoms with Crippen LogP contribution in [0.3, 0.4) is 0 Å². The fourth-order valence-corrected chi connectivity index (χ4v) is 5.50. The SMILES string of the molecule is Cc1c[nH]c2ncc(-c3cc4c(c([C@@H]5CCCN5C(=O)OC(C)(C)C)c3)CN(C(=O)[C@@](C)(O)C(F)(F)F)C4)cc12. The number of carbonyl (C=O) groups excluding carboxylic acids is 2. The Labute approximate surface area is 230 Å². The van der Waals surface area contributed by atoms with Crippen molar-refractivity contribution in [2.24, 2.45) is 0 Å². The topological polar surface area (TPSA) is 98.8 Å². The van der Waals surface area contributed by atoms with Crippen molar-refractivity contribution < 1.29 is 32.6 Å². The van der Waals surface area contributed by atoms with E-state index in [0.717, 1.165) is 44.6 Å². The van der Waals surface area contributed by atoms with Crippen molar-refractivity contribution in [1.82, 2.24) is 19.8 Å². The minimum atomic E-state index is -5.12. The number of aryl methyl sites for hydroxylation is 1. The highest BCUT2D eigenvalue weighted by Crippen LogP contribution is 2.42. The molecule has 0 saturated carbocycles. The number of nitrogens with one attached hydrogen (secondary N) is 1. The number of amides is 2. The van der Waals surface area contributed by atoms with Gasteiger partial charge in [-0.25, -0.2) is 9.78 Å². The van der Waals surface area contributed by atoms with Crippen LogP contribution in [0.15, 0.2) is 30.6 Å². The van der Waals surface area contributed by atoms with Gasteiger partial charge in [-0.1, -0.05) is 0 Å². The minimum absolute atomic E-state index is 0.0980. The van der Waals surface area contributed by atoms with Gasteiger partial charge in [-0.15, -0.1) is 0 Å². The first-order valence-corrected chi connectivity index (χ1v) is 13.2. The third-order valence-corrected chi connectivity index (χ3v) is 7.65. The lowest BCUT2D eigenvalue weighted by Gasteiger charge is -2.30. The Morgan fingerprint density at radius 1 is 1.10 bits per heavy atom. The normalized spacial score (nSPS) is 19.2. The number of aromatic amines is 1. The van der Waals surface area contributed by atoms with Crippen LogP contribution in [0.4, 0.5) is 18.0 Å². The van der Waals surface area contributed by atoms with Crippen LogP contribution < -0.4 is 0 Å². The van der Waals surface area contributed by atoms with E-state index < -0.39 is 29.4 Å². The van der Waals surface area contributed by atoms with E-state index in [2.05, 4.69) is 9.97 Å². The summed E-state index contributed by atoms with van der Waals surface area (Å²) in [5.74, 6) is -1.41. The molecule has 2 N–H and O–H groups in total. The molecule has 8 nitrogen and oxygen atoms in total. The van der Waals surface area contributed by atoms with Crippen LogP contribution in [0.5, 0.6) is 0 Å². The van der Waals surface area contributed by atoms with Crippen molar-refractivity contribution in [3.8, 4) is 11.1 Å². The molecule has 0 spiro atoms. The zero-order valence-electron chi connectivity index (χ0n) is 23.1.